The largest absolute Gasteiger partial charge is 0.349 e. The van der Waals surface area contributed by atoms with Crippen molar-refractivity contribution in [2.75, 3.05) is 0 Å². The Balaban J connectivity index is 2.78. The van der Waals surface area contributed by atoms with Gasteiger partial charge in [0.05, 0.1) is 0 Å². The van der Waals surface area contributed by atoms with Gasteiger partial charge in [0.15, 0.2) is 0 Å². The summed E-state index contributed by atoms with van der Waals surface area (Å²) in [6.45, 7) is 0. The molecule has 0 aliphatic carbocycles. The molecule has 2 rings (SSSR count). The van der Waals surface area contributed by atoms with Gasteiger partial charge in [0.25, 0.3) is 8.46 Å². The fourth-order valence-electron chi connectivity index (χ4n) is 0.902. The quantitative estimate of drug-likeness (QED) is 0.481. The van der Waals surface area contributed by atoms with Crippen LogP contribution in [0, 0.1) is 0 Å². The van der Waals surface area contributed by atoms with Gasteiger partial charge in [-0.1, -0.05) is 6.07 Å². The Hall–Kier alpha value is -1.28. The van der Waals surface area contributed by atoms with E-state index in [2.05, 4.69) is 10.1 Å². The predicted octanol–water partition coefficient (Wildman–Crippen LogP) is 0.0654. The van der Waals surface area contributed by atoms with E-state index in [0.717, 1.165) is 5.65 Å². The van der Waals surface area contributed by atoms with Crippen molar-refractivity contribution in [1.29, 1.82) is 0 Å². The molecule has 11 heavy (non-hydrogen) atoms. The Labute approximate surface area is 64.1 Å². The van der Waals surface area contributed by atoms with Gasteiger partial charge in [-0.15, -0.1) is 4.52 Å². The highest BCUT2D eigenvalue weighted by atomic mass is 31.1. The lowest BCUT2D eigenvalue weighted by atomic mass is 10.5. The van der Waals surface area contributed by atoms with E-state index in [-0.39, 0.29) is 8.46 Å². The number of nitrogens with one attached hydrogen (secondary N) is 1. The van der Waals surface area contributed by atoms with Crippen LogP contribution in [0.5, 0.6) is 0 Å². The van der Waals surface area contributed by atoms with Crippen LogP contribution < -0.4 is 10.1 Å². The Kier molecular flexibility index (Phi) is 1.40. The molecule has 2 heterocycles. The summed E-state index contributed by atoms with van der Waals surface area (Å²) in [6.07, 6.45) is 1.82. The molecule has 4 nitrogen and oxygen atoms in total. The second-order valence-corrected chi connectivity index (χ2v) is 2.67. The van der Waals surface area contributed by atoms with Crippen molar-refractivity contribution in [2.45, 2.75) is 0 Å². The van der Waals surface area contributed by atoms with Gasteiger partial charge < -0.3 is 0 Å². The topological polar surface area (TPSA) is 49.9 Å². The van der Waals surface area contributed by atoms with E-state index in [0.29, 0.717) is 5.57 Å². The fraction of sp³-hybridized carbons (Fsp3) is 0. The first kappa shape index (κ1) is 6.43. The Morgan fingerprint density at radius 1 is 1.55 bits per heavy atom. The monoisotopic (exact) mass is 166 g/mol. The average molecular weight is 166 g/mol. The summed E-state index contributed by atoms with van der Waals surface area (Å²) in [5.74, 6) is 0. The number of H-pyrrole nitrogens is 1. The summed E-state index contributed by atoms with van der Waals surface area (Å²) in [7, 11) is -0.0836. The molecule has 0 bridgehead atoms. The molecule has 1 N–H and O–H groups in total. The van der Waals surface area contributed by atoms with Gasteiger partial charge in [0.1, 0.15) is 6.20 Å². The van der Waals surface area contributed by atoms with Crippen molar-refractivity contribution < 1.29 is 9.08 Å². The second-order valence-electron chi connectivity index (χ2n) is 2.07. The summed E-state index contributed by atoms with van der Waals surface area (Å²) < 4.78 is 12.1. The summed E-state index contributed by atoms with van der Waals surface area (Å²) in [4.78, 5) is 4.01. The van der Waals surface area contributed by atoms with E-state index < -0.39 is 0 Å². The van der Waals surface area contributed by atoms with Crippen LogP contribution in [0.3, 0.4) is 0 Å². The molecule has 2 aromatic heterocycles. The van der Waals surface area contributed by atoms with E-state index in [4.69, 9.17) is 0 Å². The molecule has 0 aliphatic heterocycles. The van der Waals surface area contributed by atoms with Gasteiger partial charge in [-0.2, -0.15) is 5.10 Å². The molecule has 0 unspecified atom stereocenters. The number of hydrogen-bond donors (Lipinski definition) is 1. The first-order valence-electron chi connectivity index (χ1n) is 3.10. The summed E-state index contributed by atoms with van der Waals surface area (Å²) in [5.41, 5.74) is 1.21. The smallest absolute Gasteiger partial charge is 0.263 e. The minimum atomic E-state index is -0.0836. The Morgan fingerprint density at radius 2 is 2.45 bits per heavy atom. The first-order valence-corrected chi connectivity index (χ1v) is 3.91. The van der Waals surface area contributed by atoms with Crippen LogP contribution >= 0.6 is 8.46 Å². The lowest BCUT2D eigenvalue weighted by Crippen LogP contribution is -2.23. The van der Waals surface area contributed by atoms with Crippen molar-refractivity contribution in [3.63, 3.8) is 0 Å². The van der Waals surface area contributed by atoms with Crippen LogP contribution in [0.1, 0.15) is 0 Å². The SMILES string of the molecule is O=Pc1nc2cccc[n+]2[nH]1. The van der Waals surface area contributed by atoms with E-state index in [1.54, 1.807) is 4.52 Å². The standard InChI is InChI=1S/C6H4N3OP/c10-11-6-7-5-3-1-2-4-9(5)8-6/h1-4H/p+1. The molecule has 0 atom stereocenters. The molecule has 0 spiro atoms. The van der Waals surface area contributed by atoms with Crippen molar-refractivity contribution in [2.24, 2.45) is 0 Å². The summed E-state index contributed by atoms with van der Waals surface area (Å²) in [6, 6.07) is 5.59. The fourth-order valence-corrected chi connectivity index (χ4v) is 1.19. The Bertz CT molecular complexity index is 364. The maximum Gasteiger partial charge on any atom is 0.349 e. The van der Waals surface area contributed by atoms with E-state index >= 15 is 0 Å². The summed E-state index contributed by atoms with van der Waals surface area (Å²) in [5, 5.41) is 2.83. The molecule has 0 radical (unpaired) electrons. The number of rotatable bonds is 1. The maximum atomic E-state index is 10.4. The molecule has 5 heteroatoms. The third kappa shape index (κ3) is 1.01. The maximum absolute atomic E-state index is 10.4. The molecule has 54 valence electrons. The second kappa shape index (κ2) is 2.40. The van der Waals surface area contributed by atoms with Gasteiger partial charge in [-0.3, -0.25) is 4.57 Å². The highest BCUT2D eigenvalue weighted by Gasteiger charge is 2.09. The van der Waals surface area contributed by atoms with Crippen LogP contribution in [0.4, 0.5) is 0 Å². The van der Waals surface area contributed by atoms with Crippen LogP contribution in [-0.4, -0.2) is 10.1 Å². The van der Waals surface area contributed by atoms with Crippen LogP contribution in [0.25, 0.3) is 5.65 Å². The number of hydrogen-bond acceptors (Lipinski definition) is 2. The highest BCUT2D eigenvalue weighted by Crippen LogP contribution is 1.90. The first-order chi connectivity index (χ1) is 5.40. The van der Waals surface area contributed by atoms with E-state index in [1.807, 2.05) is 24.4 Å². The minimum absolute atomic E-state index is 0.0836. The van der Waals surface area contributed by atoms with Crippen molar-refractivity contribution in [3.8, 4) is 0 Å². The van der Waals surface area contributed by atoms with Gasteiger partial charge in [-0.05, 0) is 11.1 Å². The zero-order valence-corrected chi connectivity index (χ0v) is 6.45. The highest BCUT2D eigenvalue weighted by molar-refractivity contribution is 7.33. The molecule has 0 saturated carbocycles. The number of aromatic nitrogens is 3. The third-order valence-corrected chi connectivity index (χ3v) is 1.74. The van der Waals surface area contributed by atoms with Crippen molar-refractivity contribution in [3.05, 3.63) is 24.4 Å². The average Bonchev–Trinajstić information content (AvgIpc) is 2.46. The molecule has 0 fully saturated rings. The molecule has 0 aromatic carbocycles. The zero-order valence-electron chi connectivity index (χ0n) is 5.56. The number of aromatic amines is 1. The normalized spacial score (nSPS) is 10.9. The van der Waals surface area contributed by atoms with Crippen LogP contribution in [-0.2, 0) is 4.57 Å². The molecule has 0 amide bonds. The Morgan fingerprint density at radius 3 is 3.18 bits per heavy atom. The van der Waals surface area contributed by atoms with Gasteiger partial charge in [-0.25, -0.2) is 0 Å². The number of pyridine rings is 1. The van der Waals surface area contributed by atoms with E-state index in [1.165, 1.54) is 0 Å². The number of nitrogens with zero attached hydrogens (tertiary/aromatic N) is 2. The molecular formula is C6H5N3OP+. The molecule has 0 aliphatic rings. The van der Waals surface area contributed by atoms with E-state index in [9.17, 15) is 4.57 Å². The van der Waals surface area contributed by atoms with Gasteiger partial charge in [0, 0.05) is 6.07 Å². The summed E-state index contributed by atoms with van der Waals surface area (Å²) >= 11 is 0. The minimum Gasteiger partial charge on any atom is -0.263 e. The lowest BCUT2D eigenvalue weighted by Gasteiger charge is -1.76. The molecular weight excluding hydrogens is 161 g/mol. The third-order valence-electron chi connectivity index (χ3n) is 1.37. The van der Waals surface area contributed by atoms with Crippen molar-refractivity contribution in [1.82, 2.24) is 10.1 Å². The van der Waals surface area contributed by atoms with Gasteiger partial charge in [0.2, 0.25) is 0 Å². The predicted molar refractivity (Wildman–Crippen MR) is 39.0 cm³/mol. The number of fused-ring (bicyclic) bond motifs is 1. The van der Waals surface area contributed by atoms with Crippen LogP contribution in [0.15, 0.2) is 24.4 Å². The zero-order chi connectivity index (χ0) is 7.68. The molecule has 0 saturated heterocycles. The van der Waals surface area contributed by atoms with Crippen molar-refractivity contribution >= 4 is 19.7 Å². The lowest BCUT2D eigenvalue weighted by molar-refractivity contribution is -0.576. The van der Waals surface area contributed by atoms with Gasteiger partial charge >= 0.3 is 11.2 Å². The molecule has 2 aromatic rings. The van der Waals surface area contributed by atoms with Crippen LogP contribution in [0.2, 0.25) is 0 Å².